The molecule has 14 heteroatoms. The molecular weight excluding hydrogens is 527 g/mol. The maximum absolute atomic E-state index is 13.7. The molecule has 200 valence electrons. The number of halogens is 4. The summed E-state index contributed by atoms with van der Waals surface area (Å²) in [5.74, 6) is -0.421. The molecule has 10 nitrogen and oxygen atoms in total. The van der Waals surface area contributed by atoms with Crippen molar-refractivity contribution in [3.63, 3.8) is 0 Å². The third-order valence-corrected chi connectivity index (χ3v) is 5.42. The number of anilines is 1. The third kappa shape index (κ3) is 6.34. The molecule has 0 amide bonds. The zero-order valence-corrected chi connectivity index (χ0v) is 21.3. The van der Waals surface area contributed by atoms with Crippen LogP contribution in [0.15, 0.2) is 43.1 Å². The molecule has 0 saturated carbocycles. The van der Waals surface area contributed by atoms with E-state index in [1.165, 1.54) is 6.20 Å². The predicted octanol–water partition coefficient (Wildman–Crippen LogP) is 4.44. The first kappa shape index (κ1) is 27.2. The van der Waals surface area contributed by atoms with E-state index in [1.54, 1.807) is 26.1 Å². The van der Waals surface area contributed by atoms with Crippen molar-refractivity contribution in [2.75, 3.05) is 18.5 Å². The lowest BCUT2D eigenvalue weighted by atomic mass is 10.2. The molecule has 0 spiro atoms. The summed E-state index contributed by atoms with van der Waals surface area (Å²) in [4.78, 5) is 29.2. The van der Waals surface area contributed by atoms with E-state index < -0.39 is 23.7 Å². The number of carbonyl (C=O) groups is 1. The average molecular weight is 550 g/mol. The molecule has 1 unspecified atom stereocenters. The van der Waals surface area contributed by atoms with E-state index in [1.807, 2.05) is 13.0 Å². The smallest absolute Gasteiger partial charge is 0.420 e. The predicted molar refractivity (Wildman–Crippen MR) is 132 cm³/mol. The van der Waals surface area contributed by atoms with Crippen molar-refractivity contribution in [3.8, 4) is 11.7 Å². The van der Waals surface area contributed by atoms with Crippen LogP contribution in [0.4, 0.5) is 19.0 Å². The van der Waals surface area contributed by atoms with Gasteiger partial charge >= 0.3 is 6.18 Å². The molecule has 0 bridgehead atoms. The van der Waals surface area contributed by atoms with Gasteiger partial charge < -0.3 is 14.8 Å². The fraction of sp³-hybridized carbons (Fsp3) is 0.333. The molecule has 4 heterocycles. The molecule has 4 rings (SSSR count). The Hall–Kier alpha value is -3.84. The van der Waals surface area contributed by atoms with E-state index in [4.69, 9.17) is 21.1 Å². The molecule has 0 aromatic carbocycles. The third-order valence-electron chi connectivity index (χ3n) is 5.22. The van der Waals surface area contributed by atoms with E-state index in [2.05, 4.69) is 30.4 Å². The van der Waals surface area contributed by atoms with Crippen molar-refractivity contribution in [2.24, 2.45) is 0 Å². The van der Waals surface area contributed by atoms with Crippen molar-refractivity contribution in [1.82, 2.24) is 29.7 Å². The molecule has 0 radical (unpaired) electrons. The van der Waals surface area contributed by atoms with E-state index in [0.29, 0.717) is 5.82 Å². The average Bonchev–Trinajstić information content (AvgIpc) is 3.30. The number of aryl methyl sites for hydroxylation is 1. The number of alkyl halides is 3. The van der Waals surface area contributed by atoms with Crippen LogP contribution < -0.4 is 10.1 Å². The van der Waals surface area contributed by atoms with Crippen LogP contribution in [0.3, 0.4) is 0 Å². The number of aromatic nitrogens is 6. The summed E-state index contributed by atoms with van der Waals surface area (Å²) in [5.41, 5.74) is -0.128. The van der Waals surface area contributed by atoms with E-state index in [9.17, 15) is 18.0 Å². The minimum atomic E-state index is -4.75. The lowest BCUT2D eigenvalue weighted by Crippen LogP contribution is -2.37. The molecule has 0 aliphatic carbocycles. The quantitative estimate of drug-likeness (QED) is 0.306. The lowest BCUT2D eigenvalue weighted by Gasteiger charge is -2.19. The first-order chi connectivity index (χ1) is 18.0. The Balaban J connectivity index is 1.63. The van der Waals surface area contributed by atoms with Crippen LogP contribution in [0.25, 0.3) is 16.9 Å². The van der Waals surface area contributed by atoms with Gasteiger partial charge in [0.15, 0.2) is 23.4 Å². The number of fused-ring (bicyclic) bond motifs is 1. The summed E-state index contributed by atoms with van der Waals surface area (Å²) < 4.78 is 53.4. The zero-order chi connectivity index (χ0) is 27.4. The number of hydrogen-bond acceptors (Lipinski definition) is 9. The topological polar surface area (TPSA) is 117 Å². The number of pyridine rings is 2. The fourth-order valence-corrected chi connectivity index (χ4v) is 3.51. The van der Waals surface area contributed by atoms with Gasteiger partial charge in [-0.25, -0.2) is 19.9 Å². The summed E-state index contributed by atoms with van der Waals surface area (Å²) in [6.07, 6.45) is -0.951. The maximum Gasteiger partial charge on any atom is 0.420 e. The van der Waals surface area contributed by atoms with Gasteiger partial charge in [0.25, 0.3) is 0 Å². The van der Waals surface area contributed by atoms with Crippen LogP contribution in [0, 0.1) is 6.92 Å². The van der Waals surface area contributed by atoms with Crippen molar-refractivity contribution in [1.29, 1.82) is 0 Å². The SMILES string of the molecule is Cc1ccc(NCC(=O)C(COC(C)C)Oc2ncnc3c2cnn3-c2ncc(Cl)cc2C(F)(F)F)nc1. The molecule has 1 atom stereocenters. The highest BCUT2D eigenvalue weighted by Gasteiger charge is 2.36. The summed E-state index contributed by atoms with van der Waals surface area (Å²) in [7, 11) is 0. The highest BCUT2D eigenvalue weighted by molar-refractivity contribution is 6.30. The summed E-state index contributed by atoms with van der Waals surface area (Å²) in [6, 6.07) is 4.35. The van der Waals surface area contributed by atoms with Gasteiger partial charge in [-0.1, -0.05) is 17.7 Å². The number of rotatable bonds is 10. The Morgan fingerprint density at radius 3 is 2.61 bits per heavy atom. The van der Waals surface area contributed by atoms with Gasteiger partial charge in [0.05, 0.1) is 30.5 Å². The highest BCUT2D eigenvalue weighted by Crippen LogP contribution is 2.35. The van der Waals surface area contributed by atoms with Gasteiger partial charge in [0.1, 0.15) is 23.1 Å². The molecule has 38 heavy (non-hydrogen) atoms. The van der Waals surface area contributed by atoms with Crippen LogP contribution >= 0.6 is 11.6 Å². The van der Waals surface area contributed by atoms with E-state index in [-0.39, 0.29) is 47.0 Å². The van der Waals surface area contributed by atoms with E-state index >= 15 is 0 Å². The number of carbonyl (C=O) groups excluding carboxylic acids is 1. The summed E-state index contributed by atoms with van der Waals surface area (Å²) in [6.45, 7) is 5.31. The minimum absolute atomic E-state index is 0.00622. The Morgan fingerprint density at radius 2 is 1.92 bits per heavy atom. The second-order valence-corrected chi connectivity index (χ2v) is 8.96. The molecular formula is C24H23ClF3N7O3. The molecule has 0 aliphatic rings. The number of ketones is 1. The van der Waals surface area contributed by atoms with Crippen LogP contribution in [-0.4, -0.2) is 60.9 Å². The monoisotopic (exact) mass is 549 g/mol. The molecule has 0 saturated heterocycles. The van der Waals surface area contributed by atoms with Crippen molar-refractivity contribution in [3.05, 3.63) is 59.3 Å². The molecule has 4 aromatic heterocycles. The zero-order valence-electron chi connectivity index (χ0n) is 20.5. The van der Waals surface area contributed by atoms with Gasteiger partial charge in [0.2, 0.25) is 5.88 Å². The Bertz CT molecular complexity index is 1430. The maximum atomic E-state index is 13.7. The normalized spacial score (nSPS) is 12.6. The number of hydrogen-bond donors (Lipinski definition) is 1. The van der Waals surface area contributed by atoms with Crippen LogP contribution in [0.2, 0.25) is 5.02 Å². The number of Topliss-reactive ketones (excluding diaryl/α,β-unsaturated/α-hetero) is 1. The number of ether oxygens (including phenoxy) is 2. The van der Waals surface area contributed by atoms with Crippen molar-refractivity contribution in [2.45, 2.75) is 39.2 Å². The first-order valence-corrected chi connectivity index (χ1v) is 11.8. The summed E-state index contributed by atoms with van der Waals surface area (Å²) >= 11 is 5.75. The molecule has 4 aromatic rings. The molecule has 0 aliphatic heterocycles. The second-order valence-electron chi connectivity index (χ2n) is 8.52. The van der Waals surface area contributed by atoms with Crippen molar-refractivity contribution < 1.29 is 27.4 Å². The number of nitrogens with one attached hydrogen (secondary N) is 1. The van der Waals surface area contributed by atoms with Crippen LogP contribution in [-0.2, 0) is 15.7 Å². The molecule has 0 fully saturated rings. The largest absolute Gasteiger partial charge is 0.463 e. The van der Waals surface area contributed by atoms with Gasteiger partial charge in [-0.15, -0.1) is 0 Å². The second kappa shape index (κ2) is 11.3. The standard InChI is InChI=1S/C24H23ClF3N7O3/c1-13(2)37-11-19(18(36)10-30-20-5-4-14(3)7-29-20)38-23-16-9-34-35(21(16)32-12-33-23)22-17(24(26,27)28)6-15(25)8-31-22/h4-9,12-13,19H,10-11H2,1-3H3,(H,29,30). The minimum Gasteiger partial charge on any atom is -0.463 e. The first-order valence-electron chi connectivity index (χ1n) is 11.4. The summed E-state index contributed by atoms with van der Waals surface area (Å²) in [5, 5.41) is 6.96. The Labute approximate surface area is 220 Å². The van der Waals surface area contributed by atoms with Crippen LogP contribution in [0.5, 0.6) is 5.88 Å². The molecule has 1 N–H and O–H groups in total. The fourth-order valence-electron chi connectivity index (χ4n) is 3.35. The van der Waals surface area contributed by atoms with Gasteiger partial charge in [0, 0.05) is 12.4 Å². The highest BCUT2D eigenvalue weighted by atomic mass is 35.5. The van der Waals surface area contributed by atoms with Gasteiger partial charge in [-0.05, 0) is 38.5 Å². The van der Waals surface area contributed by atoms with E-state index in [0.717, 1.165) is 28.8 Å². The van der Waals surface area contributed by atoms with Gasteiger partial charge in [-0.3, -0.25) is 4.79 Å². The Morgan fingerprint density at radius 1 is 1.13 bits per heavy atom. The van der Waals surface area contributed by atoms with Gasteiger partial charge in [-0.2, -0.15) is 23.0 Å². The van der Waals surface area contributed by atoms with Crippen molar-refractivity contribution >= 4 is 34.2 Å². The van der Waals surface area contributed by atoms with Crippen LogP contribution in [0.1, 0.15) is 25.0 Å². The number of nitrogens with zero attached hydrogens (tertiary/aromatic N) is 6. The lowest BCUT2D eigenvalue weighted by molar-refractivity contribution is -0.137. The Kier molecular flexibility index (Phi) is 8.07.